The number of aliphatic carboxylic acids is 1. The van der Waals surface area contributed by atoms with Gasteiger partial charge in [0.05, 0.1) is 45.6 Å². The molecule has 0 fully saturated rings. The number of ether oxygens (including phenoxy) is 5. The first kappa shape index (κ1) is 49.0. The lowest BCUT2D eigenvalue weighted by Gasteiger charge is -2.19. The van der Waals surface area contributed by atoms with E-state index < -0.39 is 42.6 Å². The van der Waals surface area contributed by atoms with Crippen molar-refractivity contribution in [1.29, 1.82) is 0 Å². The Balaban J connectivity index is 4.45. The lowest BCUT2D eigenvalue weighted by Crippen LogP contribution is -2.50. The van der Waals surface area contributed by atoms with E-state index in [2.05, 4.69) is 17.6 Å². The van der Waals surface area contributed by atoms with Crippen LogP contribution in [-0.2, 0) is 42.9 Å². The van der Waals surface area contributed by atoms with Crippen molar-refractivity contribution in [3.8, 4) is 0 Å². The number of nitrogens with one attached hydrogen (secondary N) is 2. The van der Waals surface area contributed by atoms with Crippen LogP contribution in [0, 0.1) is 0 Å². The predicted octanol–water partition coefficient (Wildman–Crippen LogP) is 3.59. The second-order valence-corrected chi connectivity index (χ2v) is 13.5. The largest absolute Gasteiger partial charge is 0.480 e. The number of carboxylic acids is 1. The monoisotopic (exact) mass is 751 g/mol. The summed E-state index contributed by atoms with van der Waals surface area (Å²) < 4.78 is 27.1. The van der Waals surface area contributed by atoms with Gasteiger partial charge in [0.25, 0.3) is 0 Å². The van der Waals surface area contributed by atoms with Gasteiger partial charge in [-0.1, -0.05) is 84.0 Å². The van der Waals surface area contributed by atoms with Crippen LogP contribution in [0.15, 0.2) is 0 Å². The molecule has 0 aromatic rings. The van der Waals surface area contributed by atoms with Crippen molar-refractivity contribution in [1.82, 2.24) is 10.6 Å². The van der Waals surface area contributed by atoms with Gasteiger partial charge in [-0.2, -0.15) is 11.8 Å². The smallest absolute Gasteiger partial charge is 0.328 e. The maximum absolute atomic E-state index is 12.6. The maximum atomic E-state index is 12.6. The summed E-state index contributed by atoms with van der Waals surface area (Å²) in [5.41, 5.74) is 5.90. The number of amides is 1. The molecule has 0 bridgehead atoms. The average molecular weight is 752 g/mol. The Morgan fingerprint density at radius 2 is 1.29 bits per heavy atom. The van der Waals surface area contributed by atoms with Crippen molar-refractivity contribution in [2.45, 2.75) is 128 Å². The topological polar surface area (TPSA) is 205 Å². The van der Waals surface area contributed by atoms with E-state index in [1.165, 1.54) is 69.5 Å². The Labute approximate surface area is 310 Å². The molecule has 300 valence electrons. The lowest BCUT2D eigenvalue weighted by molar-refractivity contribution is -0.157. The number of esters is 2. The molecule has 0 rings (SSSR count). The van der Waals surface area contributed by atoms with E-state index in [1.54, 1.807) is 0 Å². The SMILES string of the molecule is CCCCCCCCCCCCCCCC(=O)O[C@H](COC(=O)CNCCCOCCOCCOCC)CSC[C@H](N)C(=O)N[C@@H](CO)C(=O)O. The van der Waals surface area contributed by atoms with Crippen molar-refractivity contribution in [2.75, 3.05) is 77.5 Å². The van der Waals surface area contributed by atoms with Gasteiger partial charge in [0.15, 0.2) is 0 Å². The number of carbonyl (C=O) groups is 4. The molecule has 0 aromatic heterocycles. The van der Waals surface area contributed by atoms with E-state index in [0.717, 1.165) is 19.3 Å². The molecule has 0 aliphatic heterocycles. The Morgan fingerprint density at radius 1 is 0.725 bits per heavy atom. The average Bonchev–Trinajstić information content (AvgIpc) is 3.11. The summed E-state index contributed by atoms with van der Waals surface area (Å²) in [4.78, 5) is 48.3. The molecule has 1 amide bonds. The quantitative estimate of drug-likeness (QED) is 0.0452. The van der Waals surface area contributed by atoms with E-state index in [4.69, 9.17) is 39.6 Å². The molecule has 6 N–H and O–H groups in total. The third-order valence-electron chi connectivity index (χ3n) is 7.81. The van der Waals surface area contributed by atoms with Crippen LogP contribution in [0.2, 0.25) is 0 Å². The summed E-state index contributed by atoms with van der Waals surface area (Å²) in [5.74, 6) is -2.68. The zero-order valence-electron chi connectivity index (χ0n) is 31.4. The number of thioether (sulfide) groups is 1. The minimum Gasteiger partial charge on any atom is -0.480 e. The third-order valence-corrected chi connectivity index (χ3v) is 9.01. The summed E-state index contributed by atoms with van der Waals surface area (Å²) in [6.07, 6.45) is 15.8. The number of nitrogens with two attached hydrogens (primary N) is 1. The van der Waals surface area contributed by atoms with Gasteiger partial charge in [0.1, 0.15) is 18.8 Å². The highest BCUT2D eigenvalue weighted by Gasteiger charge is 2.24. The summed E-state index contributed by atoms with van der Waals surface area (Å²) in [7, 11) is 0. The molecule has 51 heavy (non-hydrogen) atoms. The lowest BCUT2D eigenvalue weighted by atomic mass is 10.0. The third kappa shape index (κ3) is 32.4. The van der Waals surface area contributed by atoms with Crippen LogP contribution < -0.4 is 16.4 Å². The van der Waals surface area contributed by atoms with Gasteiger partial charge >= 0.3 is 17.9 Å². The summed E-state index contributed by atoms with van der Waals surface area (Å²) in [5, 5.41) is 23.4. The van der Waals surface area contributed by atoms with Gasteiger partial charge in [-0.3, -0.25) is 14.4 Å². The molecular weight excluding hydrogens is 682 g/mol. The molecule has 0 aliphatic carbocycles. The fourth-order valence-corrected chi connectivity index (χ4v) is 5.79. The molecule has 0 heterocycles. The summed E-state index contributed by atoms with van der Waals surface area (Å²) >= 11 is 1.21. The predicted molar refractivity (Wildman–Crippen MR) is 199 cm³/mol. The molecule has 0 radical (unpaired) electrons. The fourth-order valence-electron chi connectivity index (χ4n) is 4.83. The zero-order valence-corrected chi connectivity index (χ0v) is 32.2. The molecule has 15 heteroatoms. The Bertz CT molecular complexity index is 872. The van der Waals surface area contributed by atoms with Gasteiger partial charge in [-0.05, 0) is 26.3 Å². The van der Waals surface area contributed by atoms with Crippen molar-refractivity contribution >= 4 is 35.6 Å². The van der Waals surface area contributed by atoms with Gasteiger partial charge in [-0.15, -0.1) is 0 Å². The Hall–Kier alpha value is -2.01. The molecule has 0 spiro atoms. The van der Waals surface area contributed by atoms with Crippen LogP contribution in [0.3, 0.4) is 0 Å². The minimum absolute atomic E-state index is 0.0199. The van der Waals surface area contributed by atoms with Crippen LogP contribution in [0.4, 0.5) is 0 Å². The van der Waals surface area contributed by atoms with Gasteiger partial charge in [-0.25, -0.2) is 4.79 Å². The van der Waals surface area contributed by atoms with E-state index in [9.17, 15) is 19.2 Å². The minimum atomic E-state index is -1.46. The van der Waals surface area contributed by atoms with Crippen LogP contribution in [0.5, 0.6) is 0 Å². The van der Waals surface area contributed by atoms with Crippen LogP contribution >= 0.6 is 11.8 Å². The number of hydrogen-bond acceptors (Lipinski definition) is 13. The van der Waals surface area contributed by atoms with Crippen LogP contribution in [0.25, 0.3) is 0 Å². The molecule has 0 saturated carbocycles. The van der Waals surface area contributed by atoms with E-state index in [-0.39, 0.29) is 37.0 Å². The van der Waals surface area contributed by atoms with E-state index in [1.807, 2.05) is 6.92 Å². The number of carboxylic acid groups (broad SMARTS) is 1. The maximum Gasteiger partial charge on any atom is 0.328 e. The van der Waals surface area contributed by atoms with Crippen molar-refractivity contribution in [3.05, 3.63) is 0 Å². The first-order chi connectivity index (χ1) is 24.7. The molecule has 0 saturated heterocycles. The first-order valence-electron chi connectivity index (χ1n) is 19.0. The molecule has 0 aromatic carbocycles. The van der Waals surface area contributed by atoms with Crippen LogP contribution in [-0.4, -0.2) is 130 Å². The molecule has 14 nitrogen and oxygen atoms in total. The highest BCUT2D eigenvalue weighted by molar-refractivity contribution is 7.99. The summed E-state index contributed by atoms with van der Waals surface area (Å²) in [6, 6.07) is -2.52. The van der Waals surface area contributed by atoms with Gasteiger partial charge in [0, 0.05) is 31.1 Å². The second-order valence-electron chi connectivity index (χ2n) is 12.5. The number of unbranched alkanes of at least 4 members (excludes halogenated alkanes) is 12. The standard InChI is InChI=1S/C36H69N3O11S/c1-3-5-6-7-8-9-10-11-12-13-14-15-16-18-33(41)50-30(28-51-29-31(37)35(43)39-32(26-40)36(44)45)27-49-34(42)25-38-19-17-20-47-23-24-48-22-21-46-4-2/h30-32,38,40H,3-29,37H2,1-2H3,(H,39,43)(H,44,45)/t30-,31+,32+/m1/s1. The van der Waals surface area contributed by atoms with Crippen molar-refractivity contribution in [2.24, 2.45) is 5.73 Å². The first-order valence-corrected chi connectivity index (χ1v) is 20.2. The highest BCUT2D eigenvalue weighted by Crippen LogP contribution is 2.14. The van der Waals surface area contributed by atoms with Gasteiger partial charge in [0.2, 0.25) is 5.91 Å². The van der Waals surface area contributed by atoms with E-state index in [0.29, 0.717) is 59.0 Å². The molecule has 3 atom stereocenters. The number of aliphatic hydroxyl groups excluding tert-OH is 1. The fraction of sp³-hybridized carbons (Fsp3) is 0.889. The highest BCUT2D eigenvalue weighted by atomic mass is 32.2. The van der Waals surface area contributed by atoms with Gasteiger partial charge < -0.3 is 50.3 Å². The zero-order chi connectivity index (χ0) is 37.8. The molecular formula is C36H69N3O11S. The summed E-state index contributed by atoms with van der Waals surface area (Å²) in [6.45, 7) is 7.02. The van der Waals surface area contributed by atoms with Crippen LogP contribution in [0.1, 0.15) is 110 Å². The van der Waals surface area contributed by atoms with Crippen molar-refractivity contribution < 1.29 is 53.1 Å². The number of carbonyl (C=O) groups excluding carboxylic acids is 3. The molecule has 0 unspecified atom stereocenters. The van der Waals surface area contributed by atoms with Crippen molar-refractivity contribution in [3.63, 3.8) is 0 Å². The number of rotatable bonds is 38. The Morgan fingerprint density at radius 3 is 1.86 bits per heavy atom. The second kappa shape index (κ2) is 36.4. The normalized spacial score (nSPS) is 13.0. The van der Waals surface area contributed by atoms with E-state index >= 15 is 0 Å². The Kier molecular flexibility index (Phi) is 34.9. The molecule has 0 aliphatic rings. The number of aliphatic hydroxyl groups is 1. The number of hydrogen-bond donors (Lipinski definition) is 5.